The van der Waals surface area contributed by atoms with Gasteiger partial charge in [-0.2, -0.15) is 0 Å². The monoisotopic (exact) mass is 348 g/mol. The van der Waals surface area contributed by atoms with Crippen molar-refractivity contribution < 1.29 is 23.8 Å². The first-order chi connectivity index (χ1) is 11.7. The Kier molecular flexibility index (Phi) is 6.09. The summed E-state index contributed by atoms with van der Waals surface area (Å²) in [4.78, 5) is 23.6. The molecule has 1 aliphatic heterocycles. The van der Waals surface area contributed by atoms with Gasteiger partial charge in [0.05, 0.1) is 17.6 Å². The maximum atomic E-state index is 12.2. The molecule has 5 heteroatoms. The maximum absolute atomic E-state index is 12.2. The van der Waals surface area contributed by atoms with Gasteiger partial charge >= 0.3 is 11.9 Å². The fourth-order valence-corrected chi connectivity index (χ4v) is 3.56. The van der Waals surface area contributed by atoms with E-state index in [1.54, 1.807) is 0 Å². The number of allylic oxidation sites excluding steroid dienone is 1. The molecule has 2 aliphatic rings. The molecule has 0 radical (unpaired) electrons. The van der Waals surface area contributed by atoms with Crippen molar-refractivity contribution in [3.05, 3.63) is 35.6 Å². The van der Waals surface area contributed by atoms with Crippen LogP contribution in [-0.4, -0.2) is 30.3 Å². The molecule has 1 saturated heterocycles. The van der Waals surface area contributed by atoms with E-state index in [-0.39, 0.29) is 36.0 Å². The topological polar surface area (TPSA) is 61.8 Å². The molecule has 0 aromatic heterocycles. The number of hydrogen-bond donors (Lipinski definition) is 0. The van der Waals surface area contributed by atoms with Gasteiger partial charge in [-0.25, -0.2) is 0 Å². The highest BCUT2D eigenvalue weighted by Crippen LogP contribution is 2.38. The van der Waals surface area contributed by atoms with E-state index in [1.807, 2.05) is 33.8 Å². The van der Waals surface area contributed by atoms with Crippen molar-refractivity contribution in [2.75, 3.05) is 0 Å². The number of esters is 2. The Hall–Kier alpha value is -2.04. The van der Waals surface area contributed by atoms with Crippen LogP contribution >= 0.6 is 0 Å². The van der Waals surface area contributed by atoms with E-state index in [9.17, 15) is 9.59 Å². The Labute approximate surface area is 149 Å². The fourth-order valence-electron chi connectivity index (χ4n) is 3.56. The summed E-state index contributed by atoms with van der Waals surface area (Å²) >= 11 is 0. The predicted octanol–water partition coefficient (Wildman–Crippen LogP) is 3.70. The molecule has 0 N–H and O–H groups in total. The molecule has 1 aliphatic carbocycles. The van der Waals surface area contributed by atoms with Crippen molar-refractivity contribution in [1.82, 2.24) is 0 Å². The Morgan fingerprint density at radius 2 is 1.96 bits per heavy atom. The largest absolute Gasteiger partial charge is 0.495 e. The molecule has 5 unspecified atom stereocenters. The van der Waals surface area contributed by atoms with Gasteiger partial charge in [0.15, 0.2) is 0 Å². The summed E-state index contributed by atoms with van der Waals surface area (Å²) in [5.74, 6) is -0.299. The van der Waals surface area contributed by atoms with Crippen LogP contribution < -0.4 is 0 Å². The van der Waals surface area contributed by atoms with Crippen LogP contribution in [0.3, 0.4) is 0 Å². The van der Waals surface area contributed by atoms with E-state index in [0.717, 1.165) is 11.1 Å². The average Bonchev–Trinajstić information content (AvgIpc) is 2.75. The number of hydrogen-bond acceptors (Lipinski definition) is 5. The quantitative estimate of drug-likeness (QED) is 0.442. The van der Waals surface area contributed by atoms with E-state index in [2.05, 4.69) is 12.7 Å². The molecule has 5 nitrogen and oxygen atoms in total. The first kappa shape index (κ1) is 19.3. The average molecular weight is 348 g/mol. The molecule has 2 rings (SSSR count). The molecule has 1 fully saturated rings. The Morgan fingerprint density at radius 3 is 2.56 bits per heavy atom. The zero-order chi connectivity index (χ0) is 18.7. The molecule has 0 saturated carbocycles. The highest BCUT2D eigenvalue weighted by molar-refractivity contribution is 5.75. The number of carbonyl (C=O) groups is 2. The lowest BCUT2D eigenvalue weighted by Gasteiger charge is -2.30. The second kappa shape index (κ2) is 7.89. The highest BCUT2D eigenvalue weighted by atomic mass is 16.6. The first-order valence-corrected chi connectivity index (χ1v) is 8.72. The normalized spacial score (nSPS) is 32.7. The number of ether oxygens (including phenoxy) is 3. The summed E-state index contributed by atoms with van der Waals surface area (Å²) < 4.78 is 17.0. The van der Waals surface area contributed by atoms with Crippen molar-refractivity contribution in [3.63, 3.8) is 0 Å². The van der Waals surface area contributed by atoms with Gasteiger partial charge in [0.2, 0.25) is 0 Å². The third kappa shape index (κ3) is 4.74. The molecule has 0 bridgehead atoms. The summed E-state index contributed by atoms with van der Waals surface area (Å²) in [6, 6.07) is 0. The van der Waals surface area contributed by atoms with E-state index >= 15 is 0 Å². The van der Waals surface area contributed by atoms with Gasteiger partial charge < -0.3 is 14.2 Å². The van der Waals surface area contributed by atoms with Gasteiger partial charge in [-0.1, -0.05) is 25.2 Å². The van der Waals surface area contributed by atoms with Crippen molar-refractivity contribution in [2.45, 2.75) is 65.8 Å². The minimum Gasteiger partial charge on any atom is -0.495 e. The van der Waals surface area contributed by atoms with Gasteiger partial charge in [0, 0.05) is 19.8 Å². The molecule has 25 heavy (non-hydrogen) atoms. The fraction of sp³-hybridized carbons (Fsp3) is 0.600. The molecule has 0 aromatic rings. The summed E-state index contributed by atoms with van der Waals surface area (Å²) in [5, 5.41) is 0. The lowest BCUT2D eigenvalue weighted by atomic mass is 9.82. The van der Waals surface area contributed by atoms with E-state index in [4.69, 9.17) is 14.2 Å². The predicted molar refractivity (Wildman–Crippen MR) is 94.5 cm³/mol. The van der Waals surface area contributed by atoms with Gasteiger partial charge in [0.1, 0.15) is 18.3 Å². The van der Waals surface area contributed by atoms with E-state index < -0.39 is 6.10 Å². The minimum atomic E-state index is -0.393. The van der Waals surface area contributed by atoms with Crippen LogP contribution in [0.1, 0.15) is 47.5 Å². The van der Waals surface area contributed by atoms with Gasteiger partial charge in [-0.15, -0.1) is 0 Å². The van der Waals surface area contributed by atoms with Gasteiger partial charge in [-0.3, -0.25) is 9.59 Å². The van der Waals surface area contributed by atoms with Crippen LogP contribution in [0.25, 0.3) is 0 Å². The number of carbonyl (C=O) groups excluding carboxylic acids is 2. The van der Waals surface area contributed by atoms with E-state index in [0.29, 0.717) is 18.6 Å². The van der Waals surface area contributed by atoms with Crippen molar-refractivity contribution in [3.8, 4) is 0 Å². The molecular formula is C20H28O5. The summed E-state index contributed by atoms with van der Waals surface area (Å²) in [6.07, 6.45) is 4.32. The van der Waals surface area contributed by atoms with E-state index in [1.165, 1.54) is 6.92 Å². The minimum absolute atomic E-state index is 0.112. The number of rotatable bonds is 3. The Morgan fingerprint density at radius 1 is 1.28 bits per heavy atom. The molecule has 1 heterocycles. The third-order valence-electron chi connectivity index (χ3n) is 4.81. The van der Waals surface area contributed by atoms with Crippen molar-refractivity contribution in [1.29, 1.82) is 0 Å². The van der Waals surface area contributed by atoms with Crippen LogP contribution in [0.2, 0.25) is 0 Å². The van der Waals surface area contributed by atoms with Crippen molar-refractivity contribution >= 4 is 11.9 Å². The zero-order valence-electron chi connectivity index (χ0n) is 15.7. The molecule has 0 amide bonds. The molecule has 138 valence electrons. The maximum Gasteiger partial charge on any atom is 0.309 e. The molecule has 0 spiro atoms. The lowest BCUT2D eigenvalue weighted by Crippen LogP contribution is -2.34. The number of fused-ring (bicyclic) bond motifs is 1. The Bertz CT molecular complexity index is 616. The van der Waals surface area contributed by atoms with Crippen LogP contribution in [0.15, 0.2) is 35.6 Å². The zero-order valence-corrected chi connectivity index (χ0v) is 15.7. The smallest absolute Gasteiger partial charge is 0.309 e. The Balaban J connectivity index is 2.41. The standard InChI is InChI=1S/C20H28O5/c1-11(2)23-17-9-12(3)7-8-16(24-15(6)21)13(4)10-18-19(17)14(5)20(22)25-18/h7,10,14,16-19H,1,8-9H2,2-6H3. The molecular weight excluding hydrogens is 320 g/mol. The molecule has 0 aromatic carbocycles. The van der Waals surface area contributed by atoms with Gasteiger partial charge in [0.25, 0.3) is 0 Å². The third-order valence-corrected chi connectivity index (χ3v) is 4.81. The van der Waals surface area contributed by atoms with Crippen molar-refractivity contribution in [2.24, 2.45) is 11.8 Å². The van der Waals surface area contributed by atoms with Crippen LogP contribution in [0.4, 0.5) is 0 Å². The lowest BCUT2D eigenvalue weighted by molar-refractivity contribution is -0.145. The SMILES string of the molecule is C=C(C)OC1CC(C)=CCC(OC(C)=O)C(C)=CC2OC(=O)C(C)C21. The molecule has 5 atom stereocenters. The van der Waals surface area contributed by atoms with Crippen LogP contribution in [0.5, 0.6) is 0 Å². The van der Waals surface area contributed by atoms with Crippen LogP contribution in [-0.2, 0) is 23.8 Å². The second-order valence-electron chi connectivity index (χ2n) is 7.12. The van der Waals surface area contributed by atoms with Gasteiger partial charge in [-0.05, 0) is 32.4 Å². The van der Waals surface area contributed by atoms with Crippen LogP contribution in [0, 0.1) is 11.8 Å². The second-order valence-corrected chi connectivity index (χ2v) is 7.12. The summed E-state index contributed by atoms with van der Waals surface area (Å²) in [7, 11) is 0. The summed E-state index contributed by atoms with van der Waals surface area (Å²) in [5.41, 5.74) is 2.01. The highest BCUT2D eigenvalue weighted by Gasteiger charge is 2.46. The summed E-state index contributed by atoms with van der Waals surface area (Å²) in [6.45, 7) is 12.9. The first-order valence-electron chi connectivity index (χ1n) is 8.72.